The Kier molecular flexibility index (Phi) is 4.71. The van der Waals surface area contributed by atoms with Gasteiger partial charge < -0.3 is 5.32 Å². The Morgan fingerprint density at radius 1 is 1.19 bits per heavy atom. The zero-order chi connectivity index (χ0) is 14.8. The van der Waals surface area contributed by atoms with Gasteiger partial charge in [-0.15, -0.1) is 0 Å². The molecule has 1 aromatic carbocycles. The molecule has 1 aromatic rings. The first-order valence-corrected chi connectivity index (χ1v) is 8.64. The SMILES string of the molecule is CC1=CC(C)CC(C2CCNCC2c2ccc(Cl)cc2)C1. The molecule has 0 saturated carbocycles. The summed E-state index contributed by atoms with van der Waals surface area (Å²) in [5.74, 6) is 3.02. The number of piperidine rings is 1. The second-order valence-corrected chi connectivity index (χ2v) is 7.44. The van der Waals surface area contributed by atoms with Gasteiger partial charge in [-0.05, 0) is 74.1 Å². The third kappa shape index (κ3) is 3.52. The molecule has 114 valence electrons. The summed E-state index contributed by atoms with van der Waals surface area (Å²) >= 11 is 6.05. The van der Waals surface area contributed by atoms with Gasteiger partial charge in [-0.1, -0.05) is 42.3 Å². The van der Waals surface area contributed by atoms with Crippen molar-refractivity contribution in [1.82, 2.24) is 5.32 Å². The number of halogens is 1. The molecule has 1 saturated heterocycles. The highest BCUT2D eigenvalue weighted by Crippen LogP contribution is 2.42. The third-order valence-corrected chi connectivity index (χ3v) is 5.52. The average molecular weight is 304 g/mol. The molecule has 1 N–H and O–H groups in total. The predicted molar refractivity (Wildman–Crippen MR) is 90.8 cm³/mol. The molecule has 3 rings (SSSR count). The van der Waals surface area contributed by atoms with Crippen LogP contribution in [-0.2, 0) is 0 Å². The van der Waals surface area contributed by atoms with Gasteiger partial charge in [0.2, 0.25) is 0 Å². The van der Waals surface area contributed by atoms with Crippen molar-refractivity contribution in [2.45, 2.75) is 39.0 Å². The fraction of sp³-hybridized carbons (Fsp3) is 0.579. The standard InChI is InChI=1S/C19H26ClN/c1-13-9-14(2)11-16(10-13)18-7-8-21-12-19(18)15-3-5-17(20)6-4-15/h3-6,9,13,16,18-19,21H,7-8,10-12H2,1-2H3. The van der Waals surface area contributed by atoms with E-state index in [2.05, 4.69) is 37.4 Å². The average Bonchev–Trinajstić information content (AvgIpc) is 2.47. The molecule has 2 heteroatoms. The minimum absolute atomic E-state index is 0.638. The molecule has 2 aliphatic rings. The normalized spacial score (nSPS) is 33.6. The van der Waals surface area contributed by atoms with Crippen LogP contribution in [0.4, 0.5) is 0 Å². The summed E-state index contributed by atoms with van der Waals surface area (Å²) in [5.41, 5.74) is 3.04. The Balaban J connectivity index is 1.81. The lowest BCUT2D eigenvalue weighted by atomic mass is 9.68. The molecule has 0 radical (unpaired) electrons. The summed E-state index contributed by atoms with van der Waals surface area (Å²) in [6.45, 7) is 6.96. The minimum Gasteiger partial charge on any atom is -0.316 e. The van der Waals surface area contributed by atoms with Crippen LogP contribution in [-0.4, -0.2) is 13.1 Å². The van der Waals surface area contributed by atoms with Crippen molar-refractivity contribution in [2.75, 3.05) is 13.1 Å². The molecule has 1 aliphatic heterocycles. The molecule has 0 spiro atoms. The number of rotatable bonds is 2. The molecule has 1 fully saturated rings. The van der Waals surface area contributed by atoms with E-state index in [1.54, 1.807) is 5.57 Å². The largest absolute Gasteiger partial charge is 0.316 e. The number of allylic oxidation sites excluding steroid dienone is 2. The zero-order valence-corrected chi connectivity index (χ0v) is 13.9. The van der Waals surface area contributed by atoms with Gasteiger partial charge in [0, 0.05) is 11.6 Å². The van der Waals surface area contributed by atoms with Gasteiger partial charge in [0.05, 0.1) is 0 Å². The van der Waals surface area contributed by atoms with Gasteiger partial charge >= 0.3 is 0 Å². The summed E-state index contributed by atoms with van der Waals surface area (Å²) in [5, 5.41) is 4.43. The van der Waals surface area contributed by atoms with Crippen molar-refractivity contribution < 1.29 is 0 Å². The number of nitrogens with one attached hydrogen (secondary N) is 1. The summed E-state index contributed by atoms with van der Waals surface area (Å²) in [6.07, 6.45) is 6.41. The monoisotopic (exact) mass is 303 g/mol. The van der Waals surface area contributed by atoms with Crippen LogP contribution in [0.5, 0.6) is 0 Å². The highest BCUT2D eigenvalue weighted by molar-refractivity contribution is 6.30. The van der Waals surface area contributed by atoms with E-state index in [0.29, 0.717) is 5.92 Å². The van der Waals surface area contributed by atoms with Crippen LogP contribution in [0.1, 0.15) is 44.6 Å². The van der Waals surface area contributed by atoms with Crippen LogP contribution in [0.2, 0.25) is 5.02 Å². The van der Waals surface area contributed by atoms with E-state index in [1.165, 1.54) is 31.4 Å². The van der Waals surface area contributed by atoms with Crippen molar-refractivity contribution in [2.24, 2.45) is 17.8 Å². The first-order valence-electron chi connectivity index (χ1n) is 8.27. The van der Waals surface area contributed by atoms with Gasteiger partial charge in [0.15, 0.2) is 0 Å². The van der Waals surface area contributed by atoms with E-state index in [9.17, 15) is 0 Å². The molecular formula is C19H26ClN. The summed E-state index contributed by atoms with van der Waals surface area (Å²) < 4.78 is 0. The number of hydrogen-bond acceptors (Lipinski definition) is 1. The maximum absolute atomic E-state index is 6.05. The van der Waals surface area contributed by atoms with Gasteiger partial charge in [-0.2, -0.15) is 0 Å². The fourth-order valence-corrected chi connectivity index (χ4v) is 4.57. The molecule has 21 heavy (non-hydrogen) atoms. The molecule has 4 atom stereocenters. The van der Waals surface area contributed by atoms with Crippen molar-refractivity contribution in [1.29, 1.82) is 0 Å². The summed E-state index contributed by atoms with van der Waals surface area (Å²) in [4.78, 5) is 0. The van der Waals surface area contributed by atoms with E-state index in [-0.39, 0.29) is 0 Å². The van der Waals surface area contributed by atoms with Crippen LogP contribution in [0.3, 0.4) is 0 Å². The molecule has 1 heterocycles. The first-order chi connectivity index (χ1) is 10.1. The summed E-state index contributed by atoms with van der Waals surface area (Å²) in [6, 6.07) is 8.53. The van der Waals surface area contributed by atoms with Crippen LogP contribution < -0.4 is 5.32 Å². The minimum atomic E-state index is 0.638. The smallest absolute Gasteiger partial charge is 0.0406 e. The third-order valence-electron chi connectivity index (χ3n) is 5.27. The zero-order valence-electron chi connectivity index (χ0n) is 13.1. The Morgan fingerprint density at radius 2 is 1.95 bits per heavy atom. The highest BCUT2D eigenvalue weighted by Gasteiger charge is 2.34. The molecular weight excluding hydrogens is 278 g/mol. The molecule has 1 aliphatic carbocycles. The van der Waals surface area contributed by atoms with Crippen LogP contribution in [0, 0.1) is 17.8 Å². The van der Waals surface area contributed by atoms with E-state index in [1.807, 2.05) is 12.1 Å². The van der Waals surface area contributed by atoms with Crippen molar-refractivity contribution >= 4 is 11.6 Å². The maximum Gasteiger partial charge on any atom is 0.0406 e. The van der Waals surface area contributed by atoms with Gasteiger partial charge in [0.25, 0.3) is 0 Å². The predicted octanol–water partition coefficient (Wildman–Crippen LogP) is 5.03. The Hall–Kier alpha value is -0.790. The van der Waals surface area contributed by atoms with E-state index in [0.717, 1.165) is 29.3 Å². The van der Waals surface area contributed by atoms with Crippen molar-refractivity contribution in [3.05, 3.63) is 46.5 Å². The fourth-order valence-electron chi connectivity index (χ4n) is 4.44. The van der Waals surface area contributed by atoms with Crippen molar-refractivity contribution in [3.8, 4) is 0 Å². The molecule has 1 nitrogen and oxygen atoms in total. The Bertz CT molecular complexity index is 505. The van der Waals surface area contributed by atoms with Crippen LogP contribution >= 0.6 is 11.6 Å². The number of hydrogen-bond donors (Lipinski definition) is 1. The van der Waals surface area contributed by atoms with Crippen LogP contribution in [0.25, 0.3) is 0 Å². The quantitative estimate of drug-likeness (QED) is 0.756. The van der Waals surface area contributed by atoms with Gasteiger partial charge in [0.1, 0.15) is 0 Å². The molecule has 0 aromatic heterocycles. The van der Waals surface area contributed by atoms with E-state index < -0.39 is 0 Å². The second kappa shape index (κ2) is 6.54. The molecule has 4 unspecified atom stereocenters. The summed E-state index contributed by atoms with van der Waals surface area (Å²) in [7, 11) is 0. The Morgan fingerprint density at radius 3 is 2.67 bits per heavy atom. The number of benzene rings is 1. The van der Waals surface area contributed by atoms with Gasteiger partial charge in [-0.25, -0.2) is 0 Å². The highest BCUT2D eigenvalue weighted by atomic mass is 35.5. The van der Waals surface area contributed by atoms with Crippen LogP contribution in [0.15, 0.2) is 35.9 Å². The second-order valence-electron chi connectivity index (χ2n) is 7.00. The lowest BCUT2D eigenvalue weighted by molar-refractivity contribution is 0.194. The van der Waals surface area contributed by atoms with E-state index >= 15 is 0 Å². The van der Waals surface area contributed by atoms with Gasteiger partial charge in [-0.3, -0.25) is 0 Å². The topological polar surface area (TPSA) is 12.0 Å². The lowest BCUT2D eigenvalue weighted by Crippen LogP contribution is -2.39. The maximum atomic E-state index is 6.05. The Labute approximate surface area is 133 Å². The molecule has 0 bridgehead atoms. The molecule has 0 amide bonds. The van der Waals surface area contributed by atoms with E-state index in [4.69, 9.17) is 11.6 Å². The van der Waals surface area contributed by atoms with Crippen molar-refractivity contribution in [3.63, 3.8) is 0 Å². The first kappa shape index (κ1) is 15.1. The lowest BCUT2D eigenvalue weighted by Gasteiger charge is -2.40.